The van der Waals surface area contributed by atoms with Crippen LogP contribution >= 0.6 is 0 Å². The highest BCUT2D eigenvalue weighted by Crippen LogP contribution is 2.27. The van der Waals surface area contributed by atoms with E-state index in [1.54, 1.807) is 12.5 Å². The molecule has 1 aliphatic heterocycles. The van der Waals surface area contributed by atoms with E-state index in [1.165, 1.54) is 0 Å². The lowest BCUT2D eigenvalue weighted by molar-refractivity contribution is -0.125. The second-order valence-electron chi connectivity index (χ2n) is 9.61. The highest BCUT2D eigenvalue weighted by molar-refractivity contribution is 5.95. The van der Waals surface area contributed by atoms with E-state index in [9.17, 15) is 4.79 Å². The van der Waals surface area contributed by atoms with Gasteiger partial charge in [-0.25, -0.2) is 9.97 Å². The van der Waals surface area contributed by atoms with Gasteiger partial charge in [-0.2, -0.15) is 0 Å². The van der Waals surface area contributed by atoms with E-state index >= 15 is 0 Å². The number of aromatic nitrogens is 2. The van der Waals surface area contributed by atoms with Crippen molar-refractivity contribution in [1.29, 1.82) is 0 Å². The summed E-state index contributed by atoms with van der Waals surface area (Å²) in [6.07, 6.45) is 10.3. The average molecular weight is 509 g/mol. The topological polar surface area (TPSA) is 71.7 Å². The third-order valence-electron chi connectivity index (χ3n) is 6.72. The molecule has 0 saturated carbocycles. The van der Waals surface area contributed by atoms with E-state index in [0.29, 0.717) is 25.6 Å². The Morgan fingerprint density at radius 2 is 1.76 bits per heavy atom. The molecular formula is C31H32N4O3. The predicted molar refractivity (Wildman–Crippen MR) is 151 cm³/mol. The van der Waals surface area contributed by atoms with Gasteiger partial charge in [-0.3, -0.25) is 4.79 Å². The molecule has 0 spiro atoms. The summed E-state index contributed by atoms with van der Waals surface area (Å²) in [6, 6.07) is 20.5. The summed E-state index contributed by atoms with van der Waals surface area (Å²) in [5.41, 5.74) is 5.04. The van der Waals surface area contributed by atoms with Crippen molar-refractivity contribution >= 4 is 29.6 Å². The molecule has 7 nitrogen and oxygen atoms in total. The molecule has 0 bridgehead atoms. The van der Waals surface area contributed by atoms with Crippen molar-refractivity contribution < 1.29 is 13.9 Å². The second-order valence-corrected chi connectivity index (χ2v) is 9.61. The lowest BCUT2D eigenvalue weighted by Gasteiger charge is -2.30. The quantitative estimate of drug-likeness (QED) is 0.294. The summed E-state index contributed by atoms with van der Waals surface area (Å²) in [5.74, 6) is 1.55. The molecule has 4 aromatic rings. The van der Waals surface area contributed by atoms with E-state index in [0.717, 1.165) is 46.6 Å². The summed E-state index contributed by atoms with van der Waals surface area (Å²) in [4.78, 5) is 26.3. The average Bonchev–Trinajstić information content (AvgIpc) is 3.49. The fourth-order valence-corrected chi connectivity index (χ4v) is 4.55. The molecular weight excluding hydrogens is 476 g/mol. The van der Waals surface area contributed by atoms with E-state index in [-0.39, 0.29) is 11.8 Å². The maximum atomic E-state index is 13.7. The third kappa shape index (κ3) is 6.18. The molecule has 1 saturated heterocycles. The van der Waals surface area contributed by atoms with Gasteiger partial charge < -0.3 is 19.0 Å². The Morgan fingerprint density at radius 1 is 0.974 bits per heavy atom. The van der Waals surface area contributed by atoms with Crippen LogP contribution in [0.15, 0.2) is 83.7 Å². The Kier molecular flexibility index (Phi) is 7.95. The molecule has 2 aromatic heterocycles. The Morgan fingerprint density at radius 3 is 2.45 bits per heavy atom. The van der Waals surface area contributed by atoms with Crippen LogP contribution in [0.2, 0.25) is 0 Å². The lowest BCUT2D eigenvalue weighted by atomic mass is 9.97. The van der Waals surface area contributed by atoms with Gasteiger partial charge in [0.25, 0.3) is 0 Å². The van der Waals surface area contributed by atoms with Gasteiger partial charge in [0.15, 0.2) is 0 Å². The van der Waals surface area contributed by atoms with Crippen LogP contribution in [0.5, 0.6) is 0 Å². The largest absolute Gasteiger partial charge is 0.445 e. The van der Waals surface area contributed by atoms with Crippen molar-refractivity contribution in [2.24, 2.45) is 5.92 Å². The number of ether oxygens (including phenoxy) is 1. The number of hydrogen-bond acceptors (Lipinski definition) is 6. The number of amides is 1. The standard InChI is InChI=1S/C31H32N4O3/c1-34(2)29-12-11-27(21-33-29)25-9-6-24(7-10-25)22-35(31(36)26-14-17-37-18-15-26)28-5-3-4-23(20-28)8-13-30-32-16-19-38-30/h3-13,16,19-21,26H,14-15,17-18,22H2,1-2H3/b13-8+. The molecule has 38 heavy (non-hydrogen) atoms. The molecule has 1 amide bonds. The smallest absolute Gasteiger partial charge is 0.230 e. The molecule has 0 aliphatic carbocycles. The molecule has 7 heteroatoms. The number of anilines is 2. The van der Waals surface area contributed by atoms with Gasteiger partial charge in [0.2, 0.25) is 11.8 Å². The molecule has 1 fully saturated rings. The van der Waals surface area contributed by atoms with Gasteiger partial charge in [0, 0.05) is 56.8 Å². The van der Waals surface area contributed by atoms with Crippen LogP contribution in [0.3, 0.4) is 0 Å². The number of oxazole rings is 1. The highest BCUT2D eigenvalue weighted by atomic mass is 16.5. The maximum absolute atomic E-state index is 13.7. The summed E-state index contributed by atoms with van der Waals surface area (Å²) in [7, 11) is 3.96. The maximum Gasteiger partial charge on any atom is 0.230 e. The van der Waals surface area contributed by atoms with Crippen LogP contribution in [0, 0.1) is 5.92 Å². The van der Waals surface area contributed by atoms with E-state index in [2.05, 4.69) is 40.3 Å². The number of carbonyl (C=O) groups is 1. The van der Waals surface area contributed by atoms with Crippen molar-refractivity contribution in [3.05, 3.63) is 96.3 Å². The first kappa shape index (κ1) is 25.4. The Balaban J connectivity index is 1.39. The molecule has 5 rings (SSSR count). The van der Waals surface area contributed by atoms with Gasteiger partial charge in [0.05, 0.1) is 12.7 Å². The molecule has 194 valence electrons. The fraction of sp³-hybridized carbons (Fsp3) is 0.258. The zero-order chi connectivity index (χ0) is 26.3. The minimum Gasteiger partial charge on any atom is -0.445 e. The van der Waals surface area contributed by atoms with Gasteiger partial charge in [0.1, 0.15) is 12.1 Å². The molecule has 0 N–H and O–H groups in total. The van der Waals surface area contributed by atoms with E-state index in [4.69, 9.17) is 9.15 Å². The van der Waals surface area contributed by atoms with Crippen LogP contribution in [0.25, 0.3) is 23.3 Å². The number of pyridine rings is 1. The van der Waals surface area contributed by atoms with Crippen molar-refractivity contribution in [2.75, 3.05) is 37.1 Å². The molecule has 0 unspecified atom stereocenters. The predicted octanol–water partition coefficient (Wildman–Crippen LogP) is 5.93. The van der Waals surface area contributed by atoms with Crippen molar-refractivity contribution in [1.82, 2.24) is 9.97 Å². The zero-order valence-corrected chi connectivity index (χ0v) is 21.8. The normalized spacial score (nSPS) is 14.1. The highest BCUT2D eigenvalue weighted by Gasteiger charge is 2.27. The minimum atomic E-state index is -0.0455. The Hall–Kier alpha value is -4.23. The van der Waals surface area contributed by atoms with E-state index < -0.39 is 0 Å². The first-order valence-electron chi connectivity index (χ1n) is 12.9. The van der Waals surface area contributed by atoms with Gasteiger partial charge >= 0.3 is 0 Å². The summed E-state index contributed by atoms with van der Waals surface area (Å²) >= 11 is 0. The van der Waals surface area contributed by atoms with Gasteiger partial charge in [-0.05, 0) is 59.9 Å². The van der Waals surface area contributed by atoms with Crippen LogP contribution in [-0.2, 0) is 16.1 Å². The molecule has 0 atom stereocenters. The number of benzene rings is 2. The molecule has 0 radical (unpaired) electrons. The van der Waals surface area contributed by atoms with Crippen molar-refractivity contribution in [3.8, 4) is 11.1 Å². The van der Waals surface area contributed by atoms with Crippen LogP contribution in [-0.4, -0.2) is 43.2 Å². The number of nitrogens with zero attached hydrogens (tertiary/aromatic N) is 4. The SMILES string of the molecule is CN(C)c1ccc(-c2ccc(CN(C(=O)C3CCOCC3)c3cccc(/C=C/c4ncco4)c3)cc2)cn1. The van der Waals surface area contributed by atoms with Crippen LogP contribution in [0.1, 0.15) is 29.9 Å². The Labute approximate surface area is 223 Å². The monoisotopic (exact) mass is 508 g/mol. The summed E-state index contributed by atoms with van der Waals surface area (Å²) in [6.45, 7) is 1.73. The number of rotatable bonds is 8. The number of hydrogen-bond donors (Lipinski definition) is 0. The molecule has 2 aromatic carbocycles. The molecule has 1 aliphatic rings. The zero-order valence-electron chi connectivity index (χ0n) is 21.8. The number of carbonyl (C=O) groups excluding carboxylic acids is 1. The summed E-state index contributed by atoms with van der Waals surface area (Å²) in [5, 5.41) is 0. The second kappa shape index (κ2) is 11.9. The summed E-state index contributed by atoms with van der Waals surface area (Å²) < 4.78 is 10.8. The van der Waals surface area contributed by atoms with Gasteiger partial charge in [-0.1, -0.05) is 36.4 Å². The van der Waals surface area contributed by atoms with Crippen LogP contribution < -0.4 is 9.80 Å². The first-order chi connectivity index (χ1) is 18.6. The fourth-order valence-electron chi connectivity index (χ4n) is 4.55. The van der Waals surface area contributed by atoms with Crippen LogP contribution in [0.4, 0.5) is 11.5 Å². The minimum absolute atomic E-state index is 0.0455. The Bertz CT molecular complexity index is 1360. The third-order valence-corrected chi connectivity index (χ3v) is 6.72. The lowest BCUT2D eigenvalue weighted by Crippen LogP contribution is -2.38. The van der Waals surface area contributed by atoms with E-state index in [1.807, 2.05) is 72.6 Å². The van der Waals surface area contributed by atoms with Crippen molar-refractivity contribution in [3.63, 3.8) is 0 Å². The molecule has 3 heterocycles. The van der Waals surface area contributed by atoms with Crippen molar-refractivity contribution in [2.45, 2.75) is 19.4 Å². The first-order valence-corrected chi connectivity index (χ1v) is 12.9. The van der Waals surface area contributed by atoms with Gasteiger partial charge in [-0.15, -0.1) is 0 Å².